The number of carbonyl (C=O) groups excluding carboxylic acids is 1. The Hall–Kier alpha value is -0.990. The molecule has 1 rings (SSSR count). The maximum Gasteiger partial charge on any atom is 0.460 e. The Labute approximate surface area is 187 Å². The molecule has 0 aliphatic carbocycles. The summed E-state index contributed by atoms with van der Waals surface area (Å²) < 4.78 is 120. The fourth-order valence-electron chi connectivity index (χ4n) is 1.98. The fourth-order valence-corrected chi connectivity index (χ4v) is 3.01. The van der Waals surface area contributed by atoms with Crippen LogP contribution in [0.2, 0.25) is 0 Å². The molecular weight excluding hydrogens is 614 g/mol. The predicted octanol–water partition coefficient (Wildman–Crippen LogP) is 7.56. The van der Waals surface area contributed by atoms with Gasteiger partial charge in [-0.1, -0.05) is 15.9 Å². The first kappa shape index (κ1) is 27.0. The van der Waals surface area contributed by atoms with Gasteiger partial charge in [0.1, 0.15) is 0 Å². The topological polar surface area (TPSA) is 26.3 Å². The van der Waals surface area contributed by atoms with Crippen LogP contribution in [0, 0.1) is 0 Å². The van der Waals surface area contributed by atoms with Crippen molar-refractivity contribution < 1.29 is 49.0 Å². The molecule has 13 heteroatoms. The van der Waals surface area contributed by atoms with Gasteiger partial charge < -0.3 is 4.74 Å². The minimum Gasteiger partial charge on any atom is -0.462 e. The highest BCUT2D eigenvalue weighted by Gasteiger charge is 2.81. The SMILES string of the molecule is O=C(OCCCCC(I)=CC(F)(F)C(F)(F)C(F)(F)C(F)(F)F)c1ccc(Br)cc1. The van der Waals surface area contributed by atoms with Crippen molar-refractivity contribution in [3.05, 3.63) is 44.0 Å². The lowest BCUT2D eigenvalue weighted by Crippen LogP contribution is -2.60. The quantitative estimate of drug-likeness (QED) is 0.122. The molecule has 0 atom stereocenters. The van der Waals surface area contributed by atoms with Gasteiger partial charge in [-0.05, 0) is 69.7 Å². The van der Waals surface area contributed by atoms with Gasteiger partial charge in [0.25, 0.3) is 0 Å². The minimum absolute atomic E-state index is 0.0275. The Morgan fingerprint density at radius 2 is 1.47 bits per heavy atom. The molecule has 0 bridgehead atoms. The van der Waals surface area contributed by atoms with Crippen molar-refractivity contribution in [1.82, 2.24) is 0 Å². The summed E-state index contributed by atoms with van der Waals surface area (Å²) in [5.41, 5.74) is 0.250. The molecule has 1 aromatic carbocycles. The van der Waals surface area contributed by atoms with E-state index < -0.39 is 39.6 Å². The van der Waals surface area contributed by atoms with E-state index in [1.165, 1.54) is 12.1 Å². The monoisotopic (exact) mass is 626 g/mol. The predicted molar refractivity (Wildman–Crippen MR) is 101 cm³/mol. The average Bonchev–Trinajstić information content (AvgIpc) is 2.60. The molecule has 1 aromatic rings. The maximum absolute atomic E-state index is 13.5. The van der Waals surface area contributed by atoms with Gasteiger partial charge >= 0.3 is 29.9 Å². The van der Waals surface area contributed by atoms with Crippen LogP contribution in [-0.2, 0) is 4.74 Å². The van der Waals surface area contributed by atoms with Gasteiger partial charge in [-0.25, -0.2) is 4.79 Å². The summed E-state index contributed by atoms with van der Waals surface area (Å²) in [4.78, 5) is 11.7. The molecule has 0 amide bonds. The smallest absolute Gasteiger partial charge is 0.460 e. The van der Waals surface area contributed by atoms with E-state index in [2.05, 4.69) is 15.9 Å². The van der Waals surface area contributed by atoms with E-state index in [0.717, 1.165) is 27.1 Å². The summed E-state index contributed by atoms with van der Waals surface area (Å²) in [6.45, 7) is -0.141. The summed E-state index contributed by atoms with van der Waals surface area (Å²) >= 11 is 4.32. The number of ether oxygens (including phenoxy) is 1. The molecular formula is C17H13BrF9IO2. The van der Waals surface area contributed by atoms with Crippen LogP contribution in [0.5, 0.6) is 0 Å². The summed E-state index contributed by atoms with van der Waals surface area (Å²) in [7, 11) is 0. The number of esters is 1. The third-order valence-corrected chi connectivity index (χ3v) is 5.01. The lowest BCUT2D eigenvalue weighted by atomic mass is 10.0. The standard InChI is InChI=1S/C17H13BrF9IO2/c18-11-6-4-10(5-7-11)13(29)30-8-2-1-3-12(28)9-14(19,20)15(21,22)16(23,24)17(25,26)27/h4-7,9H,1-3,8H2. The van der Waals surface area contributed by atoms with Crippen molar-refractivity contribution in [3.8, 4) is 0 Å². The lowest BCUT2D eigenvalue weighted by Gasteiger charge is -2.32. The van der Waals surface area contributed by atoms with Gasteiger partial charge in [0, 0.05) is 10.5 Å². The lowest BCUT2D eigenvalue weighted by molar-refractivity contribution is -0.388. The zero-order chi connectivity index (χ0) is 23.4. The number of carbonyl (C=O) groups is 1. The van der Waals surface area contributed by atoms with Gasteiger partial charge in [-0.15, -0.1) is 0 Å². The molecule has 0 radical (unpaired) electrons. The highest BCUT2D eigenvalue weighted by atomic mass is 127. The Bertz CT molecular complexity index is 761. The molecule has 0 saturated heterocycles. The summed E-state index contributed by atoms with van der Waals surface area (Å²) in [5.74, 6) is -20.0. The normalized spacial score (nSPS) is 14.0. The van der Waals surface area contributed by atoms with Crippen molar-refractivity contribution >= 4 is 44.5 Å². The van der Waals surface area contributed by atoms with Gasteiger partial charge in [-0.2, -0.15) is 39.5 Å². The number of rotatable bonds is 9. The molecule has 0 unspecified atom stereocenters. The Morgan fingerprint density at radius 1 is 0.933 bits per heavy atom. The molecule has 0 heterocycles. The number of hydrogen-bond donors (Lipinski definition) is 0. The summed E-state index contributed by atoms with van der Waals surface area (Å²) in [5, 5.41) is 0. The van der Waals surface area contributed by atoms with Crippen LogP contribution >= 0.6 is 38.5 Å². The van der Waals surface area contributed by atoms with Crippen molar-refractivity contribution in [3.63, 3.8) is 0 Å². The van der Waals surface area contributed by atoms with E-state index in [9.17, 15) is 44.3 Å². The van der Waals surface area contributed by atoms with Crippen LogP contribution in [0.25, 0.3) is 0 Å². The van der Waals surface area contributed by atoms with Gasteiger partial charge in [-0.3, -0.25) is 0 Å². The molecule has 0 saturated carbocycles. The molecule has 0 aliphatic rings. The number of benzene rings is 1. The number of unbranched alkanes of at least 4 members (excludes halogenated alkanes) is 1. The van der Waals surface area contributed by atoms with Crippen molar-refractivity contribution in [1.29, 1.82) is 0 Å². The van der Waals surface area contributed by atoms with Crippen LogP contribution in [0.4, 0.5) is 39.5 Å². The molecule has 170 valence electrons. The second kappa shape index (κ2) is 10.1. The molecule has 0 aromatic heterocycles. The molecule has 0 N–H and O–H groups in total. The largest absolute Gasteiger partial charge is 0.462 e. The number of alkyl halides is 9. The van der Waals surface area contributed by atoms with E-state index in [-0.39, 0.29) is 31.4 Å². The van der Waals surface area contributed by atoms with E-state index >= 15 is 0 Å². The van der Waals surface area contributed by atoms with Crippen molar-refractivity contribution in [2.75, 3.05) is 6.61 Å². The third kappa shape index (κ3) is 6.50. The Kier molecular flexibility index (Phi) is 9.09. The maximum atomic E-state index is 13.5. The summed E-state index contributed by atoms with van der Waals surface area (Å²) in [6.07, 6.45) is -7.64. The van der Waals surface area contributed by atoms with Gasteiger partial charge in [0.15, 0.2) is 0 Å². The first-order valence-corrected chi connectivity index (χ1v) is 9.90. The van der Waals surface area contributed by atoms with Gasteiger partial charge in [0.05, 0.1) is 12.2 Å². The van der Waals surface area contributed by atoms with E-state index in [1.807, 2.05) is 0 Å². The van der Waals surface area contributed by atoms with Crippen molar-refractivity contribution in [2.45, 2.75) is 43.2 Å². The molecule has 0 spiro atoms. The second-order valence-corrected chi connectivity index (χ2v) is 8.26. The van der Waals surface area contributed by atoms with Crippen LogP contribution in [0.15, 0.2) is 38.4 Å². The summed E-state index contributed by atoms with van der Waals surface area (Å²) in [6, 6.07) is 6.16. The number of halogens is 11. The first-order chi connectivity index (χ1) is 13.5. The Morgan fingerprint density at radius 3 is 1.97 bits per heavy atom. The third-order valence-electron chi connectivity index (χ3n) is 3.63. The van der Waals surface area contributed by atoms with Crippen LogP contribution in [0.3, 0.4) is 0 Å². The highest BCUT2D eigenvalue weighted by molar-refractivity contribution is 14.1. The average molecular weight is 627 g/mol. The zero-order valence-corrected chi connectivity index (χ0v) is 18.4. The van der Waals surface area contributed by atoms with Crippen LogP contribution < -0.4 is 0 Å². The molecule has 30 heavy (non-hydrogen) atoms. The molecule has 2 nitrogen and oxygen atoms in total. The van der Waals surface area contributed by atoms with E-state index in [1.54, 1.807) is 12.1 Å². The second-order valence-electron chi connectivity index (χ2n) is 5.96. The highest BCUT2D eigenvalue weighted by Crippen LogP contribution is 2.53. The Balaban J connectivity index is 2.60. The molecule has 0 fully saturated rings. The van der Waals surface area contributed by atoms with Gasteiger partial charge in [0.2, 0.25) is 0 Å². The van der Waals surface area contributed by atoms with Crippen LogP contribution in [0.1, 0.15) is 29.6 Å². The minimum atomic E-state index is -6.92. The fraction of sp³-hybridized carbons (Fsp3) is 0.471. The van der Waals surface area contributed by atoms with E-state index in [4.69, 9.17) is 4.74 Å². The number of hydrogen-bond acceptors (Lipinski definition) is 2. The molecule has 0 aliphatic heterocycles. The van der Waals surface area contributed by atoms with E-state index in [0.29, 0.717) is 0 Å². The first-order valence-electron chi connectivity index (χ1n) is 8.03. The number of allylic oxidation sites excluding steroid dienone is 2. The van der Waals surface area contributed by atoms with Crippen LogP contribution in [-0.4, -0.2) is 36.5 Å². The zero-order valence-electron chi connectivity index (χ0n) is 14.7. The van der Waals surface area contributed by atoms with Crippen molar-refractivity contribution in [2.24, 2.45) is 0 Å².